The van der Waals surface area contributed by atoms with Gasteiger partial charge in [-0.2, -0.15) is 0 Å². The van der Waals surface area contributed by atoms with E-state index < -0.39 is 24.1 Å². The Bertz CT molecular complexity index is 1260. The van der Waals surface area contributed by atoms with E-state index in [2.05, 4.69) is 10.6 Å². The van der Waals surface area contributed by atoms with Gasteiger partial charge < -0.3 is 20.3 Å². The summed E-state index contributed by atoms with van der Waals surface area (Å²) in [6.45, 7) is 1.94. The zero-order valence-corrected chi connectivity index (χ0v) is 20.4. The molecular formula is C27H30N4O5. The lowest BCUT2D eigenvalue weighted by atomic mass is 9.94. The number of rotatable bonds is 7. The minimum absolute atomic E-state index is 0.0377. The van der Waals surface area contributed by atoms with Gasteiger partial charge in [-0.1, -0.05) is 36.4 Å². The van der Waals surface area contributed by atoms with Crippen LogP contribution in [0.3, 0.4) is 0 Å². The maximum Gasteiger partial charge on any atom is 0.418 e. The molecule has 0 aromatic heterocycles. The molecule has 1 saturated carbocycles. The smallest absolute Gasteiger partial charge is 0.418 e. The number of urea groups is 1. The number of fused-ring (bicyclic) bond motifs is 2. The highest BCUT2D eigenvalue weighted by Gasteiger charge is 2.58. The lowest BCUT2D eigenvalue weighted by Gasteiger charge is -2.30. The van der Waals surface area contributed by atoms with Crippen LogP contribution in [0.2, 0.25) is 0 Å². The van der Waals surface area contributed by atoms with Crippen molar-refractivity contribution in [2.24, 2.45) is 5.92 Å². The standard InChI is InChI=1S/C27H30N4O5/c1-17(19-8-9-19)30(15-18-6-4-3-5-7-18)23(32)16-31-24(33)27(36-26(31)35)13-12-20-14-21(10-11-22(20)27)29-25(34)28-2/h3-7,10-11,14,17,19H,8-9,12-13,15-16H2,1-2H3,(H2,28,29,34)/t17-,27?/m0/s1/i3D. The van der Waals surface area contributed by atoms with E-state index >= 15 is 0 Å². The highest BCUT2D eigenvalue weighted by molar-refractivity contribution is 6.06. The quantitative estimate of drug-likeness (QED) is 0.617. The first-order valence-electron chi connectivity index (χ1n) is 12.7. The van der Waals surface area contributed by atoms with Gasteiger partial charge in [-0.3, -0.25) is 9.59 Å². The summed E-state index contributed by atoms with van der Waals surface area (Å²) in [6, 6.07) is 12.1. The fraction of sp³-hybridized carbons (Fsp3) is 0.407. The van der Waals surface area contributed by atoms with E-state index in [4.69, 9.17) is 6.11 Å². The molecule has 1 heterocycles. The lowest BCUT2D eigenvalue weighted by molar-refractivity contribution is -0.143. The van der Waals surface area contributed by atoms with Crippen LogP contribution in [0, 0.1) is 5.92 Å². The molecule has 1 spiro atoms. The van der Waals surface area contributed by atoms with E-state index in [1.807, 2.05) is 19.1 Å². The molecule has 1 saturated heterocycles. The first kappa shape index (κ1) is 22.6. The monoisotopic (exact) mass is 491 g/mol. The van der Waals surface area contributed by atoms with Crippen molar-refractivity contribution in [2.45, 2.75) is 50.8 Å². The first-order chi connectivity index (χ1) is 17.7. The summed E-state index contributed by atoms with van der Waals surface area (Å²) in [5.41, 5.74) is 1.40. The maximum atomic E-state index is 13.6. The minimum atomic E-state index is -1.45. The summed E-state index contributed by atoms with van der Waals surface area (Å²) >= 11 is 0. The minimum Gasteiger partial charge on any atom is -0.427 e. The fourth-order valence-electron chi connectivity index (χ4n) is 5.17. The Morgan fingerprint density at radius 2 is 2.00 bits per heavy atom. The van der Waals surface area contributed by atoms with Crippen molar-refractivity contribution in [3.05, 3.63) is 65.2 Å². The molecule has 9 heteroatoms. The van der Waals surface area contributed by atoms with Gasteiger partial charge in [0.05, 0.1) is 1.37 Å². The van der Waals surface area contributed by atoms with Crippen LogP contribution in [0.25, 0.3) is 0 Å². The molecule has 2 aromatic carbocycles. The van der Waals surface area contributed by atoms with Gasteiger partial charge in [0.1, 0.15) is 6.54 Å². The van der Waals surface area contributed by atoms with Crippen LogP contribution >= 0.6 is 0 Å². The van der Waals surface area contributed by atoms with Gasteiger partial charge in [-0.25, -0.2) is 14.5 Å². The van der Waals surface area contributed by atoms with E-state index in [1.165, 1.54) is 7.05 Å². The van der Waals surface area contributed by atoms with Crippen molar-refractivity contribution in [3.8, 4) is 0 Å². The zero-order valence-electron chi connectivity index (χ0n) is 21.4. The summed E-state index contributed by atoms with van der Waals surface area (Å²) in [7, 11) is 1.52. The molecule has 5 amide bonds. The SMILES string of the molecule is [2H]c1ccc(CN(C(=O)CN2C(=O)OC3(CCc4cc(NC(=O)NC)ccc43)C2=O)[C@@H](C)C2CC2)cc1. The van der Waals surface area contributed by atoms with Crippen LogP contribution in [0.5, 0.6) is 0 Å². The summed E-state index contributed by atoms with van der Waals surface area (Å²) < 4.78 is 13.4. The molecule has 2 atom stereocenters. The van der Waals surface area contributed by atoms with Gasteiger partial charge in [0.2, 0.25) is 11.5 Å². The van der Waals surface area contributed by atoms with Crippen LogP contribution in [-0.4, -0.2) is 53.4 Å². The van der Waals surface area contributed by atoms with Crippen molar-refractivity contribution in [2.75, 3.05) is 18.9 Å². The third kappa shape index (κ3) is 4.29. The Morgan fingerprint density at radius 3 is 2.69 bits per heavy atom. The summed E-state index contributed by atoms with van der Waals surface area (Å²) in [5.74, 6) is -0.458. The largest absolute Gasteiger partial charge is 0.427 e. The Morgan fingerprint density at radius 1 is 1.25 bits per heavy atom. The second-order valence-corrected chi connectivity index (χ2v) is 9.67. The number of carbonyl (C=O) groups is 4. The molecular weight excluding hydrogens is 460 g/mol. The number of hydrogen-bond donors (Lipinski definition) is 2. The van der Waals surface area contributed by atoms with Gasteiger partial charge >= 0.3 is 12.1 Å². The van der Waals surface area contributed by atoms with Gasteiger partial charge in [-0.15, -0.1) is 0 Å². The molecule has 2 aliphatic carbocycles. The van der Waals surface area contributed by atoms with Crippen molar-refractivity contribution in [1.82, 2.24) is 15.1 Å². The van der Waals surface area contributed by atoms with E-state index in [0.717, 1.165) is 28.9 Å². The second kappa shape index (κ2) is 9.29. The van der Waals surface area contributed by atoms with Crippen LogP contribution in [-0.2, 0) is 32.9 Å². The number of hydrogen-bond acceptors (Lipinski definition) is 5. The van der Waals surface area contributed by atoms with Crippen LogP contribution in [0.1, 0.15) is 44.2 Å². The van der Waals surface area contributed by atoms with Gasteiger partial charge in [0, 0.05) is 37.3 Å². The number of imide groups is 1. The van der Waals surface area contributed by atoms with Gasteiger partial charge in [0.25, 0.3) is 5.91 Å². The molecule has 2 aromatic rings. The molecule has 0 bridgehead atoms. The average molecular weight is 492 g/mol. The van der Waals surface area contributed by atoms with Crippen LogP contribution < -0.4 is 10.6 Å². The Hall–Kier alpha value is -3.88. The van der Waals surface area contributed by atoms with E-state index in [9.17, 15) is 19.2 Å². The van der Waals surface area contributed by atoms with E-state index in [0.29, 0.717) is 36.2 Å². The molecule has 5 rings (SSSR count). The summed E-state index contributed by atoms with van der Waals surface area (Å²) in [6.07, 6.45) is 2.03. The lowest BCUT2D eigenvalue weighted by Crippen LogP contribution is -2.47. The van der Waals surface area contributed by atoms with Crippen molar-refractivity contribution < 1.29 is 25.3 Å². The normalized spacial score (nSPS) is 21.6. The number of benzene rings is 2. The first-order valence-corrected chi connectivity index (χ1v) is 12.2. The number of nitrogens with zero attached hydrogens (tertiary/aromatic N) is 2. The molecule has 3 aliphatic rings. The zero-order chi connectivity index (χ0) is 26.3. The number of carbonyl (C=O) groups excluding carboxylic acids is 4. The molecule has 2 fully saturated rings. The van der Waals surface area contributed by atoms with Crippen molar-refractivity contribution in [3.63, 3.8) is 0 Å². The van der Waals surface area contributed by atoms with Crippen LogP contribution in [0.4, 0.5) is 15.3 Å². The number of aryl methyl sites for hydroxylation is 1. The van der Waals surface area contributed by atoms with Crippen molar-refractivity contribution >= 4 is 29.6 Å². The highest BCUT2D eigenvalue weighted by Crippen LogP contribution is 2.46. The second-order valence-electron chi connectivity index (χ2n) is 9.67. The van der Waals surface area contributed by atoms with E-state index in [1.54, 1.807) is 35.2 Å². The highest BCUT2D eigenvalue weighted by atomic mass is 16.6. The Kier molecular flexibility index (Phi) is 5.83. The molecule has 2 N–H and O–H groups in total. The Balaban J connectivity index is 1.34. The number of anilines is 1. The number of amides is 5. The fourth-order valence-corrected chi connectivity index (χ4v) is 5.17. The predicted molar refractivity (Wildman–Crippen MR) is 132 cm³/mol. The molecule has 1 aliphatic heterocycles. The molecule has 0 radical (unpaired) electrons. The molecule has 9 nitrogen and oxygen atoms in total. The predicted octanol–water partition coefficient (Wildman–Crippen LogP) is 3.39. The third-order valence-electron chi connectivity index (χ3n) is 7.39. The van der Waals surface area contributed by atoms with Gasteiger partial charge in [0.15, 0.2) is 0 Å². The van der Waals surface area contributed by atoms with Crippen LogP contribution in [0.15, 0.2) is 48.5 Å². The topological polar surface area (TPSA) is 108 Å². The Labute approximate surface area is 211 Å². The van der Waals surface area contributed by atoms with Crippen molar-refractivity contribution in [1.29, 1.82) is 0 Å². The number of nitrogens with one attached hydrogen (secondary N) is 2. The molecule has 1 unspecified atom stereocenters. The van der Waals surface area contributed by atoms with Gasteiger partial charge in [-0.05, 0) is 55.4 Å². The molecule has 36 heavy (non-hydrogen) atoms. The third-order valence-corrected chi connectivity index (χ3v) is 7.39. The number of ether oxygens (including phenoxy) is 1. The summed E-state index contributed by atoms with van der Waals surface area (Å²) in [4.78, 5) is 54.3. The summed E-state index contributed by atoms with van der Waals surface area (Å²) in [5, 5.41) is 5.19. The molecule has 188 valence electrons. The maximum absolute atomic E-state index is 13.6. The van der Waals surface area contributed by atoms with E-state index in [-0.39, 0.29) is 24.4 Å². The average Bonchev–Trinajstić information content (AvgIpc) is 3.64.